The molecule has 78 valence electrons. The summed E-state index contributed by atoms with van der Waals surface area (Å²) < 4.78 is 1.91. The van der Waals surface area contributed by atoms with Crippen LogP contribution >= 0.6 is 11.6 Å². The number of nitrogens with one attached hydrogen (secondary N) is 1. The summed E-state index contributed by atoms with van der Waals surface area (Å²) in [6.45, 7) is 1.93. The molecule has 0 spiro atoms. The van der Waals surface area contributed by atoms with E-state index in [2.05, 4.69) is 10.3 Å². The second-order valence-corrected chi connectivity index (χ2v) is 4.37. The third-order valence-electron chi connectivity index (χ3n) is 2.97. The van der Waals surface area contributed by atoms with E-state index in [1.54, 1.807) is 6.20 Å². The lowest BCUT2D eigenvalue weighted by Gasteiger charge is -2.25. The fourth-order valence-corrected chi connectivity index (χ4v) is 1.82. The van der Waals surface area contributed by atoms with Crippen LogP contribution in [-0.4, -0.2) is 16.1 Å². The normalized spacial score (nSPS) is 17.0. The summed E-state index contributed by atoms with van der Waals surface area (Å²) in [5, 5.41) is 4.12. The smallest absolute Gasteiger partial charge is 0.128 e. The van der Waals surface area contributed by atoms with Gasteiger partial charge in [-0.15, -0.1) is 0 Å². The van der Waals surface area contributed by atoms with Crippen molar-refractivity contribution in [3.05, 3.63) is 17.2 Å². The largest absolute Gasteiger partial charge is 0.321 e. The number of nitrogens with zero attached hydrogens (tertiary/aromatic N) is 2. The standard InChI is InChI=1S/C10H16ClN3/c1-14-9(11)6-13-10(14)7-12-5-8-3-2-4-8/h6,8,12H,2-5,7H2,1H3. The molecule has 14 heavy (non-hydrogen) atoms. The molecule has 1 aliphatic rings. The minimum absolute atomic E-state index is 0.699. The minimum Gasteiger partial charge on any atom is -0.321 e. The first-order valence-corrected chi connectivity index (χ1v) is 5.52. The van der Waals surface area contributed by atoms with Crippen molar-refractivity contribution in [1.29, 1.82) is 0 Å². The van der Waals surface area contributed by atoms with Gasteiger partial charge in [-0.2, -0.15) is 0 Å². The Morgan fingerprint density at radius 3 is 2.93 bits per heavy atom. The fourth-order valence-electron chi connectivity index (χ4n) is 1.67. The molecule has 1 N–H and O–H groups in total. The molecular formula is C10H16ClN3. The first-order valence-electron chi connectivity index (χ1n) is 5.14. The number of halogens is 1. The van der Waals surface area contributed by atoms with Crippen LogP contribution in [0.25, 0.3) is 0 Å². The van der Waals surface area contributed by atoms with Crippen molar-refractivity contribution in [3.8, 4) is 0 Å². The molecule has 3 nitrogen and oxygen atoms in total. The van der Waals surface area contributed by atoms with Gasteiger partial charge in [0.05, 0.1) is 12.7 Å². The third-order valence-corrected chi connectivity index (χ3v) is 3.32. The predicted octanol–water partition coefficient (Wildman–Crippen LogP) is 1.96. The van der Waals surface area contributed by atoms with Crippen molar-refractivity contribution in [3.63, 3.8) is 0 Å². The molecule has 1 aromatic heterocycles. The van der Waals surface area contributed by atoms with Crippen LogP contribution in [-0.2, 0) is 13.6 Å². The van der Waals surface area contributed by atoms with E-state index >= 15 is 0 Å². The van der Waals surface area contributed by atoms with Gasteiger partial charge in [0.1, 0.15) is 11.0 Å². The van der Waals surface area contributed by atoms with Gasteiger partial charge in [-0.25, -0.2) is 4.98 Å². The Labute approximate surface area is 89.5 Å². The topological polar surface area (TPSA) is 29.9 Å². The van der Waals surface area contributed by atoms with E-state index in [4.69, 9.17) is 11.6 Å². The number of imidazole rings is 1. The molecule has 1 saturated carbocycles. The van der Waals surface area contributed by atoms with E-state index in [1.807, 2.05) is 11.6 Å². The average molecular weight is 214 g/mol. The minimum atomic E-state index is 0.699. The second kappa shape index (κ2) is 4.32. The fraction of sp³-hybridized carbons (Fsp3) is 0.700. The Bertz CT molecular complexity index is 304. The zero-order chi connectivity index (χ0) is 9.97. The van der Waals surface area contributed by atoms with Crippen molar-refractivity contribution < 1.29 is 0 Å². The van der Waals surface area contributed by atoms with Crippen LogP contribution in [0.3, 0.4) is 0 Å². The molecule has 0 unspecified atom stereocenters. The van der Waals surface area contributed by atoms with Crippen molar-refractivity contribution in [2.24, 2.45) is 13.0 Å². The molecule has 2 rings (SSSR count). The monoisotopic (exact) mass is 213 g/mol. The van der Waals surface area contributed by atoms with Crippen molar-refractivity contribution in [1.82, 2.24) is 14.9 Å². The second-order valence-electron chi connectivity index (χ2n) is 3.98. The van der Waals surface area contributed by atoms with Crippen LogP contribution in [0.5, 0.6) is 0 Å². The Morgan fingerprint density at radius 1 is 1.64 bits per heavy atom. The van der Waals surface area contributed by atoms with E-state index < -0.39 is 0 Å². The number of aromatic nitrogens is 2. The van der Waals surface area contributed by atoms with Gasteiger partial charge in [-0.05, 0) is 25.3 Å². The molecule has 0 bridgehead atoms. The van der Waals surface area contributed by atoms with Gasteiger partial charge in [0.2, 0.25) is 0 Å². The lowest BCUT2D eigenvalue weighted by molar-refractivity contribution is 0.300. The Kier molecular flexibility index (Phi) is 3.08. The van der Waals surface area contributed by atoms with Gasteiger partial charge in [0.15, 0.2) is 0 Å². The maximum Gasteiger partial charge on any atom is 0.128 e. The van der Waals surface area contributed by atoms with E-state index in [1.165, 1.54) is 19.3 Å². The highest BCUT2D eigenvalue weighted by atomic mass is 35.5. The van der Waals surface area contributed by atoms with Crippen molar-refractivity contribution in [2.75, 3.05) is 6.54 Å². The van der Waals surface area contributed by atoms with Gasteiger partial charge in [-0.1, -0.05) is 18.0 Å². The SMILES string of the molecule is Cn1c(Cl)cnc1CNCC1CCC1. The van der Waals surface area contributed by atoms with E-state index in [0.29, 0.717) is 5.15 Å². The molecule has 0 amide bonds. The first kappa shape index (κ1) is 9.99. The lowest BCUT2D eigenvalue weighted by atomic mass is 9.85. The van der Waals surface area contributed by atoms with E-state index in [9.17, 15) is 0 Å². The van der Waals surface area contributed by atoms with Gasteiger partial charge >= 0.3 is 0 Å². The van der Waals surface area contributed by atoms with Crippen LogP contribution in [0.2, 0.25) is 5.15 Å². The highest BCUT2D eigenvalue weighted by molar-refractivity contribution is 6.29. The summed E-state index contributed by atoms with van der Waals surface area (Å²) in [4.78, 5) is 4.22. The van der Waals surface area contributed by atoms with Gasteiger partial charge < -0.3 is 9.88 Å². The van der Waals surface area contributed by atoms with Crippen molar-refractivity contribution >= 4 is 11.6 Å². The summed E-state index contributed by atoms with van der Waals surface area (Å²) in [7, 11) is 1.94. The molecule has 0 aliphatic heterocycles. The van der Waals surface area contributed by atoms with Crippen LogP contribution in [0.15, 0.2) is 6.20 Å². The molecule has 1 fully saturated rings. The van der Waals surface area contributed by atoms with Gasteiger partial charge in [0, 0.05) is 7.05 Å². The van der Waals surface area contributed by atoms with Crippen LogP contribution < -0.4 is 5.32 Å². The molecule has 0 radical (unpaired) electrons. The number of hydrogen-bond donors (Lipinski definition) is 1. The van der Waals surface area contributed by atoms with Crippen LogP contribution in [0, 0.1) is 5.92 Å². The highest BCUT2D eigenvalue weighted by Crippen LogP contribution is 2.25. The summed E-state index contributed by atoms with van der Waals surface area (Å²) >= 11 is 5.88. The number of rotatable bonds is 4. The molecular weight excluding hydrogens is 198 g/mol. The third kappa shape index (κ3) is 2.10. The quantitative estimate of drug-likeness (QED) is 0.829. The lowest BCUT2D eigenvalue weighted by Crippen LogP contribution is -2.27. The molecule has 0 atom stereocenters. The van der Waals surface area contributed by atoms with E-state index in [0.717, 1.165) is 24.8 Å². The van der Waals surface area contributed by atoms with Gasteiger partial charge in [-0.3, -0.25) is 0 Å². The van der Waals surface area contributed by atoms with Gasteiger partial charge in [0.25, 0.3) is 0 Å². The van der Waals surface area contributed by atoms with Crippen molar-refractivity contribution in [2.45, 2.75) is 25.8 Å². The van der Waals surface area contributed by atoms with E-state index in [-0.39, 0.29) is 0 Å². The Morgan fingerprint density at radius 2 is 2.43 bits per heavy atom. The summed E-state index contributed by atoms with van der Waals surface area (Å²) in [6, 6.07) is 0. The number of hydrogen-bond acceptors (Lipinski definition) is 2. The predicted molar refractivity (Wildman–Crippen MR) is 57.3 cm³/mol. The Balaban J connectivity index is 1.76. The van der Waals surface area contributed by atoms with Crippen LogP contribution in [0.1, 0.15) is 25.1 Å². The summed E-state index contributed by atoms with van der Waals surface area (Å²) in [6.07, 6.45) is 5.87. The average Bonchev–Trinajstić information content (AvgIpc) is 2.40. The molecule has 1 aliphatic carbocycles. The van der Waals surface area contributed by atoms with Crippen LogP contribution in [0.4, 0.5) is 0 Å². The highest BCUT2D eigenvalue weighted by Gasteiger charge is 2.16. The Hall–Kier alpha value is -0.540. The summed E-state index contributed by atoms with van der Waals surface area (Å²) in [5.74, 6) is 1.90. The maximum absolute atomic E-state index is 5.88. The molecule has 0 saturated heterocycles. The zero-order valence-electron chi connectivity index (χ0n) is 8.46. The zero-order valence-corrected chi connectivity index (χ0v) is 9.22. The first-order chi connectivity index (χ1) is 6.77. The molecule has 1 heterocycles. The molecule has 4 heteroatoms. The summed E-state index contributed by atoms with van der Waals surface area (Å²) in [5.41, 5.74) is 0. The molecule has 0 aromatic carbocycles. The maximum atomic E-state index is 5.88. The molecule has 1 aromatic rings.